The molecule has 1 aliphatic heterocycles. The number of rotatable bonds is 1. The van der Waals surface area contributed by atoms with Gasteiger partial charge >= 0.3 is 11.9 Å². The molecule has 0 spiro atoms. The molecule has 1 aromatic heterocycles. The monoisotopic (exact) mass is 210 g/mol. The van der Waals surface area contributed by atoms with Gasteiger partial charge in [-0.3, -0.25) is 9.59 Å². The maximum Gasteiger partial charge on any atom is 0.314 e. The van der Waals surface area contributed by atoms with Crippen molar-refractivity contribution >= 4 is 23.3 Å². The van der Waals surface area contributed by atoms with Crippen LogP contribution in [0, 0.1) is 6.92 Å². The fourth-order valence-corrected chi connectivity index (χ4v) is 2.56. The number of cyclic esters (lactones) is 2. The van der Waals surface area contributed by atoms with Gasteiger partial charge in [-0.25, -0.2) is 0 Å². The molecule has 0 saturated carbocycles. The maximum absolute atomic E-state index is 11.0. The quantitative estimate of drug-likeness (QED) is 0.526. The van der Waals surface area contributed by atoms with Gasteiger partial charge in [-0.2, -0.15) is 0 Å². The van der Waals surface area contributed by atoms with Gasteiger partial charge in [0.25, 0.3) is 0 Å². The molecule has 0 aromatic carbocycles. The molecular formula is C10H10O3S. The predicted molar refractivity (Wildman–Crippen MR) is 52.1 cm³/mol. The molecule has 74 valence electrons. The van der Waals surface area contributed by atoms with Crippen molar-refractivity contribution < 1.29 is 14.3 Å². The summed E-state index contributed by atoms with van der Waals surface area (Å²) < 4.78 is 4.47. The molecule has 2 rings (SSSR count). The Kier molecular flexibility index (Phi) is 2.37. The molecule has 14 heavy (non-hydrogen) atoms. The Labute approximate surface area is 85.7 Å². The molecule has 0 amide bonds. The Hall–Kier alpha value is -1.16. The molecule has 2 heterocycles. The van der Waals surface area contributed by atoms with Crippen molar-refractivity contribution in [3.8, 4) is 0 Å². The molecule has 1 aliphatic rings. The first-order valence-electron chi connectivity index (χ1n) is 4.43. The first-order chi connectivity index (χ1) is 6.65. The van der Waals surface area contributed by atoms with Crippen LogP contribution in [0.4, 0.5) is 0 Å². The van der Waals surface area contributed by atoms with E-state index in [1.165, 1.54) is 5.56 Å². The Morgan fingerprint density at radius 2 is 2.00 bits per heavy atom. The lowest BCUT2D eigenvalue weighted by Gasteiger charge is -2.18. The standard InChI is InChI=1S/C10H10O3S/c1-6-2-8(14-5-6)7-3-9(11)13-10(12)4-7/h2,5,7H,3-4H2,1H3. The van der Waals surface area contributed by atoms with E-state index in [1.807, 2.05) is 18.4 Å². The average molecular weight is 210 g/mol. The number of aryl methyl sites for hydroxylation is 1. The number of esters is 2. The number of hydrogen-bond donors (Lipinski definition) is 0. The van der Waals surface area contributed by atoms with E-state index in [2.05, 4.69) is 4.74 Å². The molecule has 0 radical (unpaired) electrons. The van der Waals surface area contributed by atoms with E-state index in [9.17, 15) is 9.59 Å². The molecule has 1 saturated heterocycles. The number of carbonyl (C=O) groups is 2. The van der Waals surface area contributed by atoms with Gasteiger partial charge in [0.2, 0.25) is 0 Å². The van der Waals surface area contributed by atoms with Crippen LogP contribution in [-0.2, 0) is 14.3 Å². The fraction of sp³-hybridized carbons (Fsp3) is 0.400. The molecule has 0 N–H and O–H groups in total. The van der Waals surface area contributed by atoms with Crippen molar-refractivity contribution in [2.75, 3.05) is 0 Å². The summed E-state index contributed by atoms with van der Waals surface area (Å²) in [5.41, 5.74) is 1.18. The van der Waals surface area contributed by atoms with Gasteiger partial charge < -0.3 is 4.74 Å². The van der Waals surface area contributed by atoms with Crippen LogP contribution in [0.5, 0.6) is 0 Å². The molecule has 1 aromatic rings. The van der Waals surface area contributed by atoms with E-state index in [1.54, 1.807) is 11.3 Å². The lowest BCUT2D eigenvalue weighted by atomic mass is 9.97. The topological polar surface area (TPSA) is 43.4 Å². The van der Waals surface area contributed by atoms with Crippen LogP contribution >= 0.6 is 11.3 Å². The highest BCUT2D eigenvalue weighted by Crippen LogP contribution is 2.32. The second-order valence-electron chi connectivity index (χ2n) is 3.48. The molecule has 3 nitrogen and oxygen atoms in total. The summed E-state index contributed by atoms with van der Waals surface area (Å²) in [5.74, 6) is -0.781. The lowest BCUT2D eigenvalue weighted by molar-refractivity contribution is -0.163. The zero-order chi connectivity index (χ0) is 10.1. The number of ether oxygens (including phenoxy) is 1. The van der Waals surface area contributed by atoms with Gasteiger partial charge in [0, 0.05) is 10.8 Å². The van der Waals surface area contributed by atoms with Crippen LogP contribution in [0.15, 0.2) is 11.4 Å². The zero-order valence-electron chi connectivity index (χ0n) is 7.78. The van der Waals surface area contributed by atoms with E-state index in [-0.39, 0.29) is 5.92 Å². The smallest absolute Gasteiger partial charge is 0.314 e. The van der Waals surface area contributed by atoms with Crippen molar-refractivity contribution in [1.29, 1.82) is 0 Å². The third kappa shape index (κ3) is 1.85. The van der Waals surface area contributed by atoms with Crippen LogP contribution in [0.25, 0.3) is 0 Å². The minimum absolute atomic E-state index is 0.0300. The van der Waals surface area contributed by atoms with Crippen molar-refractivity contribution in [3.05, 3.63) is 21.9 Å². The SMILES string of the molecule is Cc1csc(C2CC(=O)OC(=O)C2)c1. The van der Waals surface area contributed by atoms with E-state index < -0.39 is 11.9 Å². The van der Waals surface area contributed by atoms with Crippen LogP contribution in [0.3, 0.4) is 0 Å². The highest BCUT2D eigenvalue weighted by Gasteiger charge is 2.28. The summed E-state index contributed by atoms with van der Waals surface area (Å²) in [6.45, 7) is 2.00. The van der Waals surface area contributed by atoms with Crippen molar-refractivity contribution in [2.45, 2.75) is 25.7 Å². The van der Waals surface area contributed by atoms with Crippen LogP contribution in [0.1, 0.15) is 29.2 Å². The van der Waals surface area contributed by atoms with Crippen molar-refractivity contribution in [2.24, 2.45) is 0 Å². The summed E-state index contributed by atoms with van der Waals surface area (Å²) in [6, 6.07) is 2.03. The largest absolute Gasteiger partial charge is 0.393 e. The Morgan fingerprint density at radius 3 is 2.50 bits per heavy atom. The Morgan fingerprint density at radius 1 is 1.36 bits per heavy atom. The molecule has 0 aliphatic carbocycles. The van der Waals surface area contributed by atoms with Crippen LogP contribution in [0.2, 0.25) is 0 Å². The third-order valence-electron chi connectivity index (χ3n) is 2.21. The summed E-state index contributed by atoms with van der Waals surface area (Å²) >= 11 is 1.60. The van der Waals surface area contributed by atoms with Gasteiger partial charge in [-0.1, -0.05) is 0 Å². The normalized spacial score (nSPS) is 18.4. The van der Waals surface area contributed by atoms with E-state index in [0.29, 0.717) is 12.8 Å². The average Bonchev–Trinajstić information content (AvgIpc) is 2.50. The second-order valence-corrected chi connectivity index (χ2v) is 4.42. The molecule has 1 fully saturated rings. The summed E-state index contributed by atoms with van der Waals surface area (Å²) in [6.07, 6.45) is 0.650. The minimum Gasteiger partial charge on any atom is -0.393 e. The number of carbonyl (C=O) groups excluding carboxylic acids is 2. The maximum atomic E-state index is 11.0. The second kappa shape index (κ2) is 3.53. The van der Waals surface area contributed by atoms with Crippen LogP contribution < -0.4 is 0 Å². The summed E-state index contributed by atoms with van der Waals surface area (Å²) in [7, 11) is 0. The lowest BCUT2D eigenvalue weighted by Crippen LogP contribution is -2.23. The Balaban J connectivity index is 2.18. The van der Waals surface area contributed by atoms with E-state index >= 15 is 0 Å². The molecular weight excluding hydrogens is 200 g/mol. The van der Waals surface area contributed by atoms with Gasteiger partial charge in [0.1, 0.15) is 0 Å². The molecule has 0 unspecified atom stereocenters. The zero-order valence-corrected chi connectivity index (χ0v) is 8.60. The van der Waals surface area contributed by atoms with Gasteiger partial charge in [0.15, 0.2) is 0 Å². The predicted octanol–water partition coefficient (Wildman–Crippen LogP) is 2.00. The van der Waals surface area contributed by atoms with Crippen molar-refractivity contribution in [1.82, 2.24) is 0 Å². The first-order valence-corrected chi connectivity index (χ1v) is 5.31. The molecule has 4 heteroatoms. The number of thiophene rings is 1. The van der Waals surface area contributed by atoms with Gasteiger partial charge in [-0.15, -0.1) is 11.3 Å². The van der Waals surface area contributed by atoms with E-state index in [0.717, 1.165) is 4.88 Å². The van der Waals surface area contributed by atoms with E-state index in [4.69, 9.17) is 0 Å². The van der Waals surface area contributed by atoms with Gasteiger partial charge in [0.05, 0.1) is 12.8 Å². The summed E-state index contributed by atoms with van der Waals surface area (Å²) in [4.78, 5) is 23.2. The highest BCUT2D eigenvalue weighted by atomic mass is 32.1. The summed E-state index contributed by atoms with van der Waals surface area (Å²) in [5, 5.41) is 2.03. The Bertz CT molecular complexity index is 364. The first kappa shape index (κ1) is 9.40. The minimum atomic E-state index is -0.405. The highest BCUT2D eigenvalue weighted by molar-refractivity contribution is 7.10. The van der Waals surface area contributed by atoms with Gasteiger partial charge in [-0.05, 0) is 23.9 Å². The number of hydrogen-bond acceptors (Lipinski definition) is 4. The molecule has 0 bridgehead atoms. The molecule has 0 atom stereocenters. The van der Waals surface area contributed by atoms with Crippen molar-refractivity contribution in [3.63, 3.8) is 0 Å². The fourth-order valence-electron chi connectivity index (χ4n) is 1.55. The third-order valence-corrected chi connectivity index (χ3v) is 3.42. The van der Waals surface area contributed by atoms with Crippen LogP contribution in [-0.4, -0.2) is 11.9 Å².